The highest BCUT2D eigenvalue weighted by Gasteiger charge is 2.14. The van der Waals surface area contributed by atoms with Gasteiger partial charge in [0.05, 0.1) is 25.9 Å². The van der Waals surface area contributed by atoms with E-state index in [4.69, 9.17) is 14.7 Å². The van der Waals surface area contributed by atoms with Crippen LogP contribution in [-0.4, -0.2) is 24.7 Å². The van der Waals surface area contributed by atoms with Crippen LogP contribution in [0.25, 0.3) is 10.2 Å². The number of nitrogens with zero attached hydrogens (tertiary/aromatic N) is 3. The molecule has 1 aromatic heterocycles. The Balaban J connectivity index is 2.14. The average molecular weight is 353 g/mol. The second-order valence-electron chi connectivity index (χ2n) is 5.20. The molecule has 0 saturated carbocycles. The van der Waals surface area contributed by atoms with Crippen molar-refractivity contribution >= 4 is 27.5 Å². The van der Waals surface area contributed by atoms with E-state index in [0.29, 0.717) is 27.4 Å². The first-order valence-corrected chi connectivity index (χ1v) is 8.20. The van der Waals surface area contributed by atoms with Crippen LogP contribution in [0, 0.1) is 11.3 Å². The number of carbonyl (C=O) groups is 1. The molecule has 0 bridgehead atoms. The van der Waals surface area contributed by atoms with Crippen molar-refractivity contribution in [3.05, 3.63) is 52.3 Å². The van der Waals surface area contributed by atoms with Crippen molar-refractivity contribution in [2.45, 2.75) is 0 Å². The standard InChI is InChI=1S/C18H15N3O3S/c1-21-15-13(23-2)8-9-14(24-3)16(15)25-18(21)20-17(22)12-6-4-11(10-19)5-7-12/h4-9H,1-3H3. The lowest BCUT2D eigenvalue weighted by Gasteiger charge is -2.06. The van der Waals surface area contributed by atoms with E-state index >= 15 is 0 Å². The van der Waals surface area contributed by atoms with Crippen LogP contribution in [0.15, 0.2) is 41.4 Å². The summed E-state index contributed by atoms with van der Waals surface area (Å²) < 4.78 is 13.5. The highest BCUT2D eigenvalue weighted by atomic mass is 32.1. The van der Waals surface area contributed by atoms with Crippen molar-refractivity contribution in [3.63, 3.8) is 0 Å². The van der Waals surface area contributed by atoms with Gasteiger partial charge in [0, 0.05) is 12.6 Å². The van der Waals surface area contributed by atoms with Gasteiger partial charge < -0.3 is 14.0 Å². The maximum absolute atomic E-state index is 12.4. The quantitative estimate of drug-likeness (QED) is 0.725. The lowest BCUT2D eigenvalue weighted by atomic mass is 10.1. The lowest BCUT2D eigenvalue weighted by Crippen LogP contribution is -2.13. The van der Waals surface area contributed by atoms with Crippen molar-refractivity contribution < 1.29 is 14.3 Å². The number of benzene rings is 2. The van der Waals surface area contributed by atoms with Gasteiger partial charge in [0.1, 0.15) is 21.7 Å². The average Bonchev–Trinajstić information content (AvgIpc) is 2.97. The number of ether oxygens (including phenoxy) is 2. The zero-order chi connectivity index (χ0) is 18.0. The number of hydrogen-bond donors (Lipinski definition) is 0. The first kappa shape index (κ1) is 16.7. The number of thiazole rings is 1. The Bertz CT molecular complexity index is 1060. The van der Waals surface area contributed by atoms with Gasteiger partial charge in [-0.1, -0.05) is 11.3 Å². The number of nitriles is 1. The van der Waals surface area contributed by atoms with Gasteiger partial charge in [0.15, 0.2) is 4.80 Å². The zero-order valence-corrected chi connectivity index (χ0v) is 14.8. The number of methoxy groups -OCH3 is 2. The third-order valence-electron chi connectivity index (χ3n) is 3.77. The van der Waals surface area contributed by atoms with Crippen LogP contribution in [0.4, 0.5) is 0 Å². The molecule has 0 unspecified atom stereocenters. The Morgan fingerprint density at radius 2 is 1.76 bits per heavy atom. The van der Waals surface area contributed by atoms with Gasteiger partial charge in [0.2, 0.25) is 0 Å². The molecule has 0 aliphatic heterocycles. The maximum atomic E-state index is 12.4. The molecule has 1 amide bonds. The second kappa shape index (κ2) is 6.79. The van der Waals surface area contributed by atoms with Crippen LogP contribution in [0.5, 0.6) is 11.5 Å². The molecule has 0 aliphatic rings. The van der Waals surface area contributed by atoms with Gasteiger partial charge in [-0.3, -0.25) is 4.79 Å². The van der Waals surface area contributed by atoms with E-state index in [1.54, 1.807) is 38.5 Å². The summed E-state index contributed by atoms with van der Waals surface area (Å²) >= 11 is 1.35. The van der Waals surface area contributed by atoms with Gasteiger partial charge in [0.25, 0.3) is 5.91 Å². The molecule has 0 aliphatic carbocycles. The summed E-state index contributed by atoms with van der Waals surface area (Å²) in [7, 11) is 5.02. The monoisotopic (exact) mass is 353 g/mol. The first-order chi connectivity index (χ1) is 12.1. The second-order valence-corrected chi connectivity index (χ2v) is 6.18. The van der Waals surface area contributed by atoms with E-state index < -0.39 is 0 Å². The molecule has 0 radical (unpaired) electrons. The Morgan fingerprint density at radius 3 is 2.36 bits per heavy atom. The Labute approximate surface area is 148 Å². The van der Waals surface area contributed by atoms with Gasteiger partial charge in [-0.2, -0.15) is 10.3 Å². The van der Waals surface area contributed by atoms with E-state index in [9.17, 15) is 4.79 Å². The summed E-state index contributed by atoms with van der Waals surface area (Å²) in [5.74, 6) is 1.01. The molecule has 7 heteroatoms. The summed E-state index contributed by atoms with van der Waals surface area (Å²) in [5.41, 5.74) is 1.74. The number of rotatable bonds is 3. The van der Waals surface area contributed by atoms with Gasteiger partial charge in [-0.25, -0.2) is 0 Å². The lowest BCUT2D eigenvalue weighted by molar-refractivity contribution is 0.0998. The van der Waals surface area contributed by atoms with Crippen molar-refractivity contribution in [1.82, 2.24) is 4.57 Å². The van der Waals surface area contributed by atoms with Crippen LogP contribution in [0.1, 0.15) is 15.9 Å². The highest BCUT2D eigenvalue weighted by molar-refractivity contribution is 7.16. The summed E-state index contributed by atoms with van der Waals surface area (Å²) in [5, 5.41) is 8.83. The number of aryl methyl sites for hydroxylation is 1. The predicted molar refractivity (Wildman–Crippen MR) is 95.0 cm³/mol. The Kier molecular flexibility index (Phi) is 4.55. The molecule has 0 spiro atoms. The van der Waals surface area contributed by atoms with Crippen LogP contribution in [0.3, 0.4) is 0 Å². The number of amides is 1. The van der Waals surface area contributed by atoms with Gasteiger partial charge in [-0.15, -0.1) is 0 Å². The molecule has 1 heterocycles. The summed E-state index contributed by atoms with van der Waals surface area (Å²) in [6.07, 6.45) is 0. The Hall–Kier alpha value is -3.11. The van der Waals surface area contributed by atoms with E-state index in [0.717, 1.165) is 10.2 Å². The highest BCUT2D eigenvalue weighted by Crippen LogP contribution is 2.34. The normalized spacial score (nSPS) is 11.4. The van der Waals surface area contributed by atoms with Crippen LogP contribution in [0.2, 0.25) is 0 Å². The minimum Gasteiger partial charge on any atom is -0.495 e. The summed E-state index contributed by atoms with van der Waals surface area (Å²) in [4.78, 5) is 17.2. The third kappa shape index (κ3) is 2.99. The Morgan fingerprint density at radius 1 is 1.12 bits per heavy atom. The van der Waals surface area contributed by atoms with Crippen LogP contribution >= 0.6 is 11.3 Å². The summed E-state index contributed by atoms with van der Waals surface area (Å²) in [6.45, 7) is 0. The van der Waals surface area contributed by atoms with Crippen LogP contribution < -0.4 is 14.3 Å². The molecule has 3 aromatic rings. The molecule has 0 atom stereocenters. The van der Waals surface area contributed by atoms with Crippen molar-refractivity contribution in [2.75, 3.05) is 14.2 Å². The first-order valence-electron chi connectivity index (χ1n) is 7.38. The van der Waals surface area contributed by atoms with E-state index in [-0.39, 0.29) is 5.91 Å². The minimum atomic E-state index is -0.371. The molecular weight excluding hydrogens is 338 g/mol. The fourth-order valence-corrected chi connectivity index (χ4v) is 3.59. The largest absolute Gasteiger partial charge is 0.495 e. The predicted octanol–water partition coefficient (Wildman–Crippen LogP) is 2.87. The van der Waals surface area contributed by atoms with E-state index in [1.807, 2.05) is 29.8 Å². The van der Waals surface area contributed by atoms with Gasteiger partial charge >= 0.3 is 0 Å². The topological polar surface area (TPSA) is 76.6 Å². The van der Waals surface area contributed by atoms with E-state index in [2.05, 4.69) is 4.99 Å². The molecule has 0 saturated heterocycles. The van der Waals surface area contributed by atoms with E-state index in [1.165, 1.54) is 11.3 Å². The van der Waals surface area contributed by atoms with Crippen LogP contribution in [-0.2, 0) is 7.05 Å². The molecule has 3 rings (SSSR count). The minimum absolute atomic E-state index is 0.371. The van der Waals surface area contributed by atoms with Crippen molar-refractivity contribution in [3.8, 4) is 17.6 Å². The molecule has 2 aromatic carbocycles. The fourth-order valence-electron chi connectivity index (χ4n) is 2.47. The molecule has 0 N–H and O–H groups in total. The smallest absolute Gasteiger partial charge is 0.279 e. The zero-order valence-electron chi connectivity index (χ0n) is 13.9. The molecule has 25 heavy (non-hydrogen) atoms. The number of carbonyl (C=O) groups excluding carboxylic acids is 1. The maximum Gasteiger partial charge on any atom is 0.279 e. The SMILES string of the molecule is COc1ccc(OC)c2c1sc(=NC(=O)c1ccc(C#N)cc1)n2C. The molecular formula is C18H15N3O3S. The molecule has 126 valence electrons. The summed E-state index contributed by atoms with van der Waals surface area (Å²) in [6, 6.07) is 12.1. The number of hydrogen-bond acceptors (Lipinski definition) is 5. The number of fused-ring (bicyclic) bond motifs is 1. The molecule has 0 fully saturated rings. The third-order valence-corrected chi connectivity index (χ3v) is 4.92. The van der Waals surface area contributed by atoms with Crippen molar-refractivity contribution in [2.24, 2.45) is 12.0 Å². The molecule has 6 nitrogen and oxygen atoms in total. The van der Waals surface area contributed by atoms with Crippen molar-refractivity contribution in [1.29, 1.82) is 5.26 Å². The van der Waals surface area contributed by atoms with Gasteiger partial charge in [-0.05, 0) is 36.4 Å². The fraction of sp³-hybridized carbons (Fsp3) is 0.167. The number of aromatic nitrogens is 1.